The molecule has 0 saturated heterocycles. The topological polar surface area (TPSA) is 93.2 Å². The molecule has 1 aromatic carbocycles. The van der Waals surface area contributed by atoms with E-state index in [-0.39, 0.29) is 17.7 Å². The van der Waals surface area contributed by atoms with Gasteiger partial charge in [0, 0.05) is 11.6 Å². The molecule has 0 aromatic heterocycles. The zero-order valence-corrected chi connectivity index (χ0v) is 10.1. The Labute approximate surface area is 104 Å². The van der Waals surface area contributed by atoms with E-state index in [1.165, 1.54) is 19.2 Å². The number of nitriles is 1. The van der Waals surface area contributed by atoms with Crippen LogP contribution in [0.1, 0.15) is 23.6 Å². The zero-order valence-electron chi connectivity index (χ0n) is 10.1. The number of nitro groups is 1. The number of esters is 1. The van der Waals surface area contributed by atoms with Crippen molar-refractivity contribution in [3.05, 3.63) is 38.9 Å². The molecule has 6 heteroatoms. The van der Waals surface area contributed by atoms with Crippen LogP contribution < -0.4 is 0 Å². The van der Waals surface area contributed by atoms with E-state index in [9.17, 15) is 14.9 Å². The standard InChI is InChI=1S/C12H12N2O4/c1-3-10-9(6-12(15)18-2)4-8(7-13)5-11(10)14(16)17/h4-5H,3,6H2,1-2H3. The third kappa shape index (κ3) is 2.83. The highest BCUT2D eigenvalue weighted by Crippen LogP contribution is 2.25. The highest BCUT2D eigenvalue weighted by molar-refractivity contribution is 5.74. The van der Waals surface area contributed by atoms with Gasteiger partial charge >= 0.3 is 5.97 Å². The van der Waals surface area contributed by atoms with Gasteiger partial charge in [-0.25, -0.2) is 0 Å². The lowest BCUT2D eigenvalue weighted by Crippen LogP contribution is -2.09. The molecule has 1 rings (SSSR count). The van der Waals surface area contributed by atoms with E-state index in [4.69, 9.17) is 5.26 Å². The minimum atomic E-state index is -0.541. The van der Waals surface area contributed by atoms with E-state index in [1.807, 2.05) is 6.07 Å². The minimum absolute atomic E-state index is 0.0734. The highest BCUT2D eigenvalue weighted by Gasteiger charge is 2.20. The molecule has 0 heterocycles. The molecule has 0 fully saturated rings. The van der Waals surface area contributed by atoms with Crippen molar-refractivity contribution >= 4 is 11.7 Å². The van der Waals surface area contributed by atoms with Crippen molar-refractivity contribution in [2.75, 3.05) is 7.11 Å². The molecule has 0 atom stereocenters. The maximum Gasteiger partial charge on any atom is 0.309 e. The summed E-state index contributed by atoms with van der Waals surface area (Å²) < 4.78 is 4.54. The summed E-state index contributed by atoms with van der Waals surface area (Å²) in [6.07, 6.45) is 0.338. The monoisotopic (exact) mass is 248 g/mol. The van der Waals surface area contributed by atoms with Crippen LogP contribution in [0.2, 0.25) is 0 Å². The normalized spacial score (nSPS) is 9.61. The summed E-state index contributed by atoms with van der Waals surface area (Å²) in [5, 5.41) is 19.8. The largest absolute Gasteiger partial charge is 0.469 e. The lowest BCUT2D eigenvalue weighted by atomic mass is 9.97. The first-order chi connectivity index (χ1) is 8.53. The predicted molar refractivity (Wildman–Crippen MR) is 62.9 cm³/mol. The SMILES string of the molecule is CCc1c(CC(=O)OC)cc(C#N)cc1[N+](=O)[O-]. The van der Waals surface area contributed by atoms with Gasteiger partial charge in [-0.05, 0) is 18.1 Å². The van der Waals surface area contributed by atoms with E-state index in [2.05, 4.69) is 4.74 Å². The van der Waals surface area contributed by atoms with Crippen LogP contribution in [-0.2, 0) is 22.4 Å². The summed E-state index contributed by atoms with van der Waals surface area (Å²) in [6.45, 7) is 1.76. The first-order valence-corrected chi connectivity index (χ1v) is 5.30. The molecule has 0 aliphatic rings. The number of hydrogen-bond acceptors (Lipinski definition) is 5. The molecule has 94 valence electrons. The Kier molecular flexibility index (Phi) is 4.38. The van der Waals surface area contributed by atoms with Crippen molar-refractivity contribution in [3.8, 4) is 6.07 Å². The number of methoxy groups -OCH3 is 1. The minimum Gasteiger partial charge on any atom is -0.469 e. The van der Waals surface area contributed by atoms with Crippen molar-refractivity contribution in [1.29, 1.82) is 5.26 Å². The lowest BCUT2D eigenvalue weighted by molar-refractivity contribution is -0.385. The van der Waals surface area contributed by atoms with E-state index in [0.29, 0.717) is 17.5 Å². The van der Waals surface area contributed by atoms with Crippen LogP contribution in [0.15, 0.2) is 12.1 Å². The second kappa shape index (κ2) is 5.77. The molecule has 0 amide bonds. The Hall–Kier alpha value is -2.42. The summed E-state index contributed by atoms with van der Waals surface area (Å²) in [7, 11) is 1.25. The van der Waals surface area contributed by atoms with E-state index < -0.39 is 10.9 Å². The highest BCUT2D eigenvalue weighted by atomic mass is 16.6. The Morgan fingerprint density at radius 1 is 1.56 bits per heavy atom. The van der Waals surface area contributed by atoms with E-state index in [1.54, 1.807) is 6.92 Å². The molecule has 0 aliphatic heterocycles. The number of carbonyl (C=O) groups excluding carboxylic acids is 1. The van der Waals surface area contributed by atoms with Crippen LogP contribution in [-0.4, -0.2) is 18.0 Å². The molecular formula is C12H12N2O4. The van der Waals surface area contributed by atoms with Crippen LogP contribution in [0.25, 0.3) is 0 Å². The van der Waals surface area contributed by atoms with Crippen LogP contribution in [0.4, 0.5) is 5.69 Å². The smallest absolute Gasteiger partial charge is 0.309 e. The number of ether oxygens (including phenoxy) is 1. The first kappa shape index (κ1) is 13.6. The Morgan fingerprint density at radius 3 is 2.67 bits per heavy atom. The number of hydrogen-bond donors (Lipinski definition) is 0. The molecule has 0 N–H and O–H groups in total. The Balaban J connectivity index is 3.38. The summed E-state index contributed by atoms with van der Waals surface area (Å²) in [5.74, 6) is -0.492. The molecule has 0 unspecified atom stereocenters. The Bertz CT molecular complexity index is 532. The van der Waals surface area contributed by atoms with Crippen LogP contribution in [0.3, 0.4) is 0 Å². The van der Waals surface area contributed by atoms with Gasteiger partial charge in [-0.2, -0.15) is 5.26 Å². The second-order valence-electron chi connectivity index (χ2n) is 3.61. The van der Waals surface area contributed by atoms with Crippen LogP contribution in [0.5, 0.6) is 0 Å². The van der Waals surface area contributed by atoms with Crippen molar-refractivity contribution in [2.45, 2.75) is 19.8 Å². The fourth-order valence-electron chi connectivity index (χ4n) is 1.74. The maximum atomic E-state index is 11.3. The third-order valence-corrected chi connectivity index (χ3v) is 2.56. The number of nitrogens with zero attached hydrogens (tertiary/aromatic N) is 2. The van der Waals surface area contributed by atoms with Gasteiger partial charge < -0.3 is 4.74 Å². The molecule has 1 aromatic rings. The summed E-state index contributed by atoms with van der Waals surface area (Å²) >= 11 is 0. The molecule has 0 radical (unpaired) electrons. The maximum absolute atomic E-state index is 11.3. The fourth-order valence-corrected chi connectivity index (χ4v) is 1.74. The summed E-state index contributed by atoms with van der Waals surface area (Å²) in [5.41, 5.74) is 0.966. The predicted octanol–water partition coefficient (Wildman–Crippen LogP) is 1.74. The molecule has 6 nitrogen and oxygen atoms in total. The number of nitro benzene ring substituents is 1. The van der Waals surface area contributed by atoms with Gasteiger partial charge in [0.05, 0.1) is 30.1 Å². The van der Waals surface area contributed by atoms with Crippen molar-refractivity contribution in [3.63, 3.8) is 0 Å². The lowest BCUT2D eigenvalue weighted by Gasteiger charge is -2.08. The summed E-state index contributed by atoms with van der Waals surface area (Å²) in [4.78, 5) is 21.7. The van der Waals surface area contributed by atoms with Crippen molar-refractivity contribution in [1.82, 2.24) is 0 Å². The summed E-state index contributed by atoms with van der Waals surface area (Å²) in [6, 6.07) is 4.56. The van der Waals surface area contributed by atoms with Crippen molar-refractivity contribution < 1.29 is 14.5 Å². The zero-order chi connectivity index (χ0) is 13.7. The van der Waals surface area contributed by atoms with E-state index in [0.717, 1.165) is 0 Å². The third-order valence-electron chi connectivity index (χ3n) is 2.56. The average Bonchev–Trinajstić information content (AvgIpc) is 2.37. The number of carbonyl (C=O) groups is 1. The van der Waals surface area contributed by atoms with Gasteiger partial charge in [0.15, 0.2) is 0 Å². The quantitative estimate of drug-likeness (QED) is 0.459. The van der Waals surface area contributed by atoms with Crippen LogP contribution >= 0.6 is 0 Å². The first-order valence-electron chi connectivity index (χ1n) is 5.30. The fraction of sp³-hybridized carbons (Fsp3) is 0.333. The van der Waals surface area contributed by atoms with Gasteiger partial charge in [0.25, 0.3) is 5.69 Å². The molecular weight excluding hydrogens is 236 g/mol. The van der Waals surface area contributed by atoms with Crippen molar-refractivity contribution in [2.24, 2.45) is 0 Å². The van der Waals surface area contributed by atoms with E-state index >= 15 is 0 Å². The molecule has 0 bridgehead atoms. The van der Waals surface area contributed by atoms with Gasteiger partial charge in [0.2, 0.25) is 0 Å². The van der Waals surface area contributed by atoms with Crippen LogP contribution in [0, 0.1) is 21.4 Å². The number of benzene rings is 1. The average molecular weight is 248 g/mol. The molecule has 0 spiro atoms. The molecule has 0 saturated carbocycles. The number of rotatable bonds is 4. The van der Waals surface area contributed by atoms with Gasteiger partial charge in [-0.15, -0.1) is 0 Å². The molecule has 0 aliphatic carbocycles. The van der Waals surface area contributed by atoms with Gasteiger partial charge in [-0.3, -0.25) is 14.9 Å². The van der Waals surface area contributed by atoms with Gasteiger partial charge in [0.1, 0.15) is 0 Å². The van der Waals surface area contributed by atoms with Gasteiger partial charge in [-0.1, -0.05) is 6.92 Å². The second-order valence-corrected chi connectivity index (χ2v) is 3.61. The molecule has 18 heavy (non-hydrogen) atoms. The Morgan fingerprint density at radius 2 is 2.22 bits per heavy atom.